The Morgan fingerprint density at radius 2 is 2.12 bits per heavy atom. The molecule has 1 aliphatic heterocycles. The molecule has 1 unspecified atom stereocenters. The van der Waals surface area contributed by atoms with Gasteiger partial charge in [-0.25, -0.2) is 0 Å². The molecule has 0 aliphatic carbocycles. The van der Waals surface area contributed by atoms with E-state index in [0.717, 1.165) is 18.7 Å². The Kier molecular flexibility index (Phi) is 2.70. The van der Waals surface area contributed by atoms with E-state index in [1.54, 1.807) is 0 Å². The summed E-state index contributed by atoms with van der Waals surface area (Å²) >= 11 is 0. The van der Waals surface area contributed by atoms with Crippen molar-refractivity contribution < 1.29 is 5.11 Å². The Hall–Kier alpha value is -1.02. The minimum absolute atomic E-state index is 0.567. The largest absolute Gasteiger partial charge is 0.386 e. The van der Waals surface area contributed by atoms with Crippen molar-refractivity contribution in [2.75, 3.05) is 18.0 Å². The molecule has 1 aromatic carbocycles. The molecule has 0 fully saturated rings. The topological polar surface area (TPSA) is 23.5 Å². The van der Waals surface area contributed by atoms with Crippen LogP contribution in [0.15, 0.2) is 18.2 Å². The van der Waals surface area contributed by atoms with E-state index >= 15 is 0 Å². The lowest BCUT2D eigenvalue weighted by Gasteiger charge is -2.26. The summed E-state index contributed by atoms with van der Waals surface area (Å²) in [6.07, 6.45) is 0. The second-order valence-corrected chi connectivity index (χ2v) is 5.24. The number of aliphatic hydroxyl groups is 1. The molecule has 1 aliphatic rings. The van der Waals surface area contributed by atoms with Crippen molar-refractivity contribution in [3.05, 3.63) is 29.3 Å². The van der Waals surface area contributed by atoms with Crippen molar-refractivity contribution in [3.63, 3.8) is 0 Å². The fourth-order valence-electron chi connectivity index (χ4n) is 2.61. The maximum absolute atomic E-state index is 10.2. The van der Waals surface area contributed by atoms with E-state index in [2.05, 4.69) is 30.9 Å². The van der Waals surface area contributed by atoms with E-state index in [1.807, 2.05) is 19.9 Å². The highest BCUT2D eigenvalue weighted by molar-refractivity contribution is 5.66. The number of likely N-dealkylation sites (N-methyl/N-ethyl adjacent to an activating group) is 1. The van der Waals surface area contributed by atoms with Crippen molar-refractivity contribution in [1.29, 1.82) is 0 Å². The van der Waals surface area contributed by atoms with Crippen molar-refractivity contribution in [3.8, 4) is 0 Å². The number of hydrogen-bond donors (Lipinski definition) is 1. The predicted molar refractivity (Wildman–Crippen MR) is 68.0 cm³/mol. The van der Waals surface area contributed by atoms with Crippen LogP contribution in [-0.4, -0.2) is 18.2 Å². The average molecular weight is 219 g/mol. The van der Waals surface area contributed by atoms with Crippen LogP contribution < -0.4 is 4.90 Å². The summed E-state index contributed by atoms with van der Waals surface area (Å²) in [4.78, 5) is 2.37. The Balaban J connectivity index is 2.58. The van der Waals surface area contributed by atoms with Gasteiger partial charge in [0.2, 0.25) is 0 Å². The molecule has 0 saturated heterocycles. The number of anilines is 1. The number of rotatable bonds is 2. The molecule has 0 aromatic heterocycles. The molecule has 16 heavy (non-hydrogen) atoms. The second-order valence-electron chi connectivity index (χ2n) is 5.24. The highest BCUT2D eigenvalue weighted by atomic mass is 16.3. The summed E-state index contributed by atoms with van der Waals surface area (Å²) < 4.78 is 0. The summed E-state index contributed by atoms with van der Waals surface area (Å²) in [7, 11) is 0. The Morgan fingerprint density at radius 3 is 2.69 bits per heavy atom. The van der Waals surface area contributed by atoms with Crippen LogP contribution in [0.2, 0.25) is 0 Å². The molecule has 0 spiro atoms. The standard InChI is InChI=1S/C14H21NO/c1-5-15-9-10(2)11-7-6-8-12(13(11)15)14(3,4)16/h6-8,10,16H,5,9H2,1-4H3. The molecular formula is C14H21NO. The quantitative estimate of drug-likeness (QED) is 0.826. The molecular weight excluding hydrogens is 198 g/mol. The van der Waals surface area contributed by atoms with E-state index in [9.17, 15) is 5.11 Å². The third-order valence-electron chi connectivity index (χ3n) is 3.45. The molecule has 0 amide bonds. The van der Waals surface area contributed by atoms with Crippen LogP contribution in [0.4, 0.5) is 5.69 Å². The van der Waals surface area contributed by atoms with Gasteiger partial charge < -0.3 is 10.0 Å². The SMILES string of the molecule is CCN1CC(C)c2cccc(C(C)(C)O)c21. The molecule has 2 nitrogen and oxygen atoms in total. The molecule has 1 atom stereocenters. The maximum Gasteiger partial charge on any atom is 0.0860 e. The second kappa shape index (κ2) is 3.77. The Labute approximate surface area is 97.9 Å². The molecule has 0 bridgehead atoms. The molecule has 0 radical (unpaired) electrons. The normalized spacial score (nSPS) is 20.1. The number of fused-ring (bicyclic) bond motifs is 1. The fourth-order valence-corrected chi connectivity index (χ4v) is 2.61. The van der Waals surface area contributed by atoms with Crippen LogP contribution in [0, 0.1) is 0 Å². The van der Waals surface area contributed by atoms with Gasteiger partial charge >= 0.3 is 0 Å². The Morgan fingerprint density at radius 1 is 1.44 bits per heavy atom. The van der Waals surface area contributed by atoms with E-state index in [4.69, 9.17) is 0 Å². The van der Waals surface area contributed by atoms with Gasteiger partial charge in [-0.1, -0.05) is 25.1 Å². The summed E-state index contributed by atoms with van der Waals surface area (Å²) in [6.45, 7) is 10.2. The molecule has 88 valence electrons. The third-order valence-corrected chi connectivity index (χ3v) is 3.45. The van der Waals surface area contributed by atoms with Crippen LogP contribution in [0.3, 0.4) is 0 Å². The van der Waals surface area contributed by atoms with E-state index < -0.39 is 5.60 Å². The molecule has 1 aromatic rings. The van der Waals surface area contributed by atoms with Crippen molar-refractivity contribution >= 4 is 5.69 Å². The molecule has 2 heteroatoms. The van der Waals surface area contributed by atoms with Crippen molar-refractivity contribution in [1.82, 2.24) is 0 Å². The zero-order valence-corrected chi connectivity index (χ0v) is 10.6. The molecule has 1 N–H and O–H groups in total. The first-order valence-electron chi connectivity index (χ1n) is 6.06. The third kappa shape index (κ3) is 1.71. The zero-order chi connectivity index (χ0) is 11.9. The van der Waals surface area contributed by atoms with Gasteiger partial charge in [-0.05, 0) is 26.3 Å². The molecule has 2 rings (SSSR count). The van der Waals surface area contributed by atoms with Gasteiger partial charge in [0.1, 0.15) is 0 Å². The predicted octanol–water partition coefficient (Wildman–Crippen LogP) is 2.86. The first kappa shape index (κ1) is 11.5. The zero-order valence-electron chi connectivity index (χ0n) is 10.6. The first-order valence-corrected chi connectivity index (χ1v) is 6.06. The Bertz CT molecular complexity index is 392. The van der Waals surface area contributed by atoms with E-state index in [1.165, 1.54) is 11.3 Å². The van der Waals surface area contributed by atoms with Crippen LogP contribution in [0.1, 0.15) is 44.7 Å². The minimum atomic E-state index is -0.761. The van der Waals surface area contributed by atoms with Gasteiger partial charge in [-0.15, -0.1) is 0 Å². The summed E-state index contributed by atoms with van der Waals surface area (Å²) in [5.74, 6) is 0.567. The highest BCUT2D eigenvalue weighted by Gasteiger charge is 2.31. The van der Waals surface area contributed by atoms with Gasteiger partial charge in [0.15, 0.2) is 0 Å². The fraction of sp³-hybridized carbons (Fsp3) is 0.571. The lowest BCUT2D eigenvalue weighted by molar-refractivity contribution is 0.0791. The smallest absolute Gasteiger partial charge is 0.0860 e. The molecule has 0 saturated carbocycles. The van der Waals surface area contributed by atoms with Gasteiger partial charge in [-0.2, -0.15) is 0 Å². The summed E-state index contributed by atoms with van der Waals surface area (Å²) in [5, 5.41) is 10.2. The number of nitrogens with zero attached hydrogens (tertiary/aromatic N) is 1. The number of para-hydroxylation sites is 1. The average Bonchev–Trinajstić information content (AvgIpc) is 2.54. The van der Waals surface area contributed by atoms with Gasteiger partial charge in [0.25, 0.3) is 0 Å². The van der Waals surface area contributed by atoms with E-state index in [-0.39, 0.29) is 0 Å². The van der Waals surface area contributed by atoms with Gasteiger partial charge in [0, 0.05) is 30.3 Å². The number of hydrogen-bond acceptors (Lipinski definition) is 2. The summed E-state index contributed by atoms with van der Waals surface area (Å²) in [5.41, 5.74) is 2.92. The summed E-state index contributed by atoms with van der Waals surface area (Å²) in [6, 6.07) is 6.28. The molecule has 1 heterocycles. The monoisotopic (exact) mass is 219 g/mol. The van der Waals surface area contributed by atoms with Crippen LogP contribution in [0.5, 0.6) is 0 Å². The van der Waals surface area contributed by atoms with Gasteiger partial charge in [-0.3, -0.25) is 0 Å². The number of benzene rings is 1. The lowest BCUT2D eigenvalue weighted by Crippen LogP contribution is -2.25. The van der Waals surface area contributed by atoms with Crippen LogP contribution in [-0.2, 0) is 5.60 Å². The van der Waals surface area contributed by atoms with Crippen LogP contribution >= 0.6 is 0 Å². The minimum Gasteiger partial charge on any atom is -0.386 e. The van der Waals surface area contributed by atoms with Crippen molar-refractivity contribution in [2.45, 2.75) is 39.2 Å². The van der Waals surface area contributed by atoms with Crippen molar-refractivity contribution in [2.24, 2.45) is 0 Å². The van der Waals surface area contributed by atoms with Crippen LogP contribution in [0.25, 0.3) is 0 Å². The van der Waals surface area contributed by atoms with Gasteiger partial charge in [0.05, 0.1) is 5.60 Å². The maximum atomic E-state index is 10.2. The lowest BCUT2D eigenvalue weighted by atomic mass is 9.92. The highest BCUT2D eigenvalue weighted by Crippen LogP contribution is 2.42. The first-order chi connectivity index (χ1) is 7.45. The van der Waals surface area contributed by atoms with E-state index in [0.29, 0.717) is 5.92 Å².